The summed E-state index contributed by atoms with van der Waals surface area (Å²) in [5.41, 5.74) is 4.26. The van der Waals surface area contributed by atoms with Crippen LogP contribution in [0.1, 0.15) is 39.2 Å². The van der Waals surface area contributed by atoms with Crippen molar-refractivity contribution >= 4 is 23.6 Å². The Bertz CT molecular complexity index is 584. The molecule has 1 aromatic carbocycles. The van der Waals surface area contributed by atoms with E-state index >= 15 is 0 Å². The largest absolute Gasteiger partial charge is 0.466 e. The Morgan fingerprint density at radius 2 is 1.76 bits per heavy atom. The van der Waals surface area contributed by atoms with Crippen LogP contribution in [0, 0.1) is 12.8 Å². The summed E-state index contributed by atoms with van der Waals surface area (Å²) in [5.74, 6) is -0.600. The Balaban J connectivity index is 2.61. The van der Waals surface area contributed by atoms with Gasteiger partial charge in [0.15, 0.2) is 0 Å². The number of rotatable bonds is 7. The zero-order valence-electron chi connectivity index (χ0n) is 15.3. The van der Waals surface area contributed by atoms with Crippen molar-refractivity contribution in [1.82, 2.24) is 10.4 Å². The van der Waals surface area contributed by atoms with Crippen molar-refractivity contribution in [3.63, 3.8) is 0 Å². The van der Waals surface area contributed by atoms with E-state index in [2.05, 4.69) is 10.7 Å². The molecular formula is C18H27N3O4. The zero-order chi connectivity index (χ0) is 18.8. The molecule has 3 amide bonds. The number of carbonyl (C=O) groups excluding carboxylic acids is 3. The molecule has 0 radical (unpaired) electrons. The van der Waals surface area contributed by atoms with E-state index < -0.39 is 12.0 Å². The number of amides is 3. The molecule has 7 nitrogen and oxygen atoms in total. The molecule has 0 fully saturated rings. The second-order valence-corrected chi connectivity index (χ2v) is 6.14. The number of anilines is 1. The van der Waals surface area contributed by atoms with Crippen molar-refractivity contribution in [2.45, 2.75) is 40.5 Å². The number of aryl methyl sites for hydroxylation is 1. The molecule has 138 valence electrons. The number of ether oxygens (including phenoxy) is 1. The molecule has 0 bridgehead atoms. The molecule has 0 aliphatic heterocycles. The van der Waals surface area contributed by atoms with Crippen LogP contribution in [-0.4, -0.2) is 36.1 Å². The van der Waals surface area contributed by atoms with Gasteiger partial charge >= 0.3 is 12.0 Å². The number of nitrogens with zero attached hydrogens (tertiary/aromatic N) is 1. The molecule has 0 aromatic heterocycles. The van der Waals surface area contributed by atoms with Gasteiger partial charge in [-0.05, 0) is 31.9 Å². The second-order valence-electron chi connectivity index (χ2n) is 6.14. The van der Waals surface area contributed by atoms with E-state index in [4.69, 9.17) is 4.74 Å². The third-order valence-corrected chi connectivity index (χ3v) is 3.24. The van der Waals surface area contributed by atoms with Gasteiger partial charge in [-0.3, -0.25) is 14.6 Å². The van der Waals surface area contributed by atoms with Crippen LogP contribution >= 0.6 is 0 Å². The number of esters is 1. The first-order valence-corrected chi connectivity index (χ1v) is 8.42. The summed E-state index contributed by atoms with van der Waals surface area (Å²) in [7, 11) is 0. The van der Waals surface area contributed by atoms with Gasteiger partial charge in [-0.25, -0.2) is 10.2 Å². The Morgan fingerprint density at radius 3 is 2.32 bits per heavy atom. The molecule has 0 saturated carbocycles. The summed E-state index contributed by atoms with van der Waals surface area (Å²) >= 11 is 0. The number of benzene rings is 1. The summed E-state index contributed by atoms with van der Waals surface area (Å²) in [6, 6.07) is 6.82. The molecule has 0 heterocycles. The predicted octanol–water partition coefficient (Wildman–Crippen LogP) is 2.86. The van der Waals surface area contributed by atoms with Crippen LogP contribution in [0.4, 0.5) is 10.5 Å². The summed E-state index contributed by atoms with van der Waals surface area (Å²) in [6.07, 6.45) is -0.0289. The van der Waals surface area contributed by atoms with Gasteiger partial charge in [-0.1, -0.05) is 31.5 Å². The molecule has 2 N–H and O–H groups in total. The van der Waals surface area contributed by atoms with Crippen LogP contribution in [0.5, 0.6) is 0 Å². The first kappa shape index (κ1) is 20.5. The molecule has 25 heavy (non-hydrogen) atoms. The number of hydrogen-bond donors (Lipinski definition) is 2. The van der Waals surface area contributed by atoms with Gasteiger partial charge in [-0.2, -0.15) is 0 Å². The highest BCUT2D eigenvalue weighted by atomic mass is 16.5. The van der Waals surface area contributed by atoms with Gasteiger partial charge in [-0.15, -0.1) is 0 Å². The second kappa shape index (κ2) is 10.3. The van der Waals surface area contributed by atoms with Gasteiger partial charge in [0.1, 0.15) is 0 Å². The van der Waals surface area contributed by atoms with Crippen molar-refractivity contribution in [3.05, 3.63) is 29.8 Å². The predicted molar refractivity (Wildman–Crippen MR) is 95.8 cm³/mol. The highest BCUT2D eigenvalue weighted by molar-refractivity contribution is 5.91. The van der Waals surface area contributed by atoms with E-state index in [1.54, 1.807) is 19.1 Å². The average Bonchev–Trinajstić information content (AvgIpc) is 2.54. The maximum absolute atomic E-state index is 12.3. The summed E-state index contributed by atoms with van der Waals surface area (Å²) in [5, 5.41) is 3.92. The van der Waals surface area contributed by atoms with Crippen LogP contribution in [0.15, 0.2) is 24.3 Å². The average molecular weight is 349 g/mol. The maximum atomic E-state index is 12.3. The summed E-state index contributed by atoms with van der Waals surface area (Å²) < 4.78 is 4.81. The van der Waals surface area contributed by atoms with Gasteiger partial charge < -0.3 is 10.1 Å². The fraction of sp³-hybridized carbons (Fsp3) is 0.500. The van der Waals surface area contributed by atoms with Crippen LogP contribution in [0.3, 0.4) is 0 Å². The molecule has 0 atom stereocenters. The van der Waals surface area contributed by atoms with Crippen molar-refractivity contribution in [2.75, 3.05) is 18.5 Å². The van der Waals surface area contributed by atoms with Gasteiger partial charge in [0.2, 0.25) is 5.91 Å². The first-order valence-electron chi connectivity index (χ1n) is 8.42. The number of hydrazine groups is 1. The van der Waals surface area contributed by atoms with Crippen LogP contribution < -0.4 is 10.7 Å². The standard InChI is InChI=1S/C18H27N3O4/c1-5-25-17(23)11-10-16(22)21(12-13(2)3)20-18(24)19-15-8-6-14(4)7-9-15/h6-9,13H,5,10-12H2,1-4H3,(H2,19,20,24). The first-order chi connectivity index (χ1) is 11.8. The smallest absolute Gasteiger partial charge is 0.338 e. The fourth-order valence-corrected chi connectivity index (χ4v) is 2.07. The molecule has 1 aromatic rings. The minimum absolute atomic E-state index is 0.0114. The quantitative estimate of drug-likeness (QED) is 0.585. The van der Waals surface area contributed by atoms with E-state index in [-0.39, 0.29) is 31.3 Å². The molecule has 0 unspecified atom stereocenters. The van der Waals surface area contributed by atoms with E-state index in [0.29, 0.717) is 12.2 Å². The van der Waals surface area contributed by atoms with Gasteiger partial charge in [0.05, 0.1) is 13.0 Å². The Morgan fingerprint density at radius 1 is 1.12 bits per heavy atom. The minimum Gasteiger partial charge on any atom is -0.466 e. The normalized spacial score (nSPS) is 10.3. The highest BCUT2D eigenvalue weighted by Crippen LogP contribution is 2.09. The lowest BCUT2D eigenvalue weighted by atomic mass is 10.2. The lowest BCUT2D eigenvalue weighted by Crippen LogP contribution is -2.49. The molecule has 0 spiro atoms. The maximum Gasteiger partial charge on any atom is 0.338 e. The highest BCUT2D eigenvalue weighted by Gasteiger charge is 2.19. The summed E-state index contributed by atoms with van der Waals surface area (Å²) in [6.45, 7) is 8.16. The molecule has 7 heteroatoms. The Labute approximate surface area is 148 Å². The van der Waals surface area contributed by atoms with Gasteiger partial charge in [0, 0.05) is 18.7 Å². The monoisotopic (exact) mass is 349 g/mol. The lowest BCUT2D eigenvalue weighted by Gasteiger charge is -2.25. The SMILES string of the molecule is CCOC(=O)CCC(=O)N(CC(C)C)NC(=O)Nc1ccc(C)cc1. The van der Waals surface area contributed by atoms with Crippen molar-refractivity contribution in [1.29, 1.82) is 0 Å². The Kier molecular flexibility index (Phi) is 8.46. The van der Waals surface area contributed by atoms with Crippen LogP contribution in [-0.2, 0) is 14.3 Å². The van der Waals surface area contributed by atoms with Crippen molar-refractivity contribution < 1.29 is 19.1 Å². The van der Waals surface area contributed by atoms with Crippen LogP contribution in [0.2, 0.25) is 0 Å². The van der Waals surface area contributed by atoms with Crippen molar-refractivity contribution in [3.8, 4) is 0 Å². The lowest BCUT2D eigenvalue weighted by molar-refractivity contribution is -0.146. The minimum atomic E-state index is -0.506. The number of nitrogens with one attached hydrogen (secondary N) is 2. The molecule has 0 saturated heterocycles. The van der Waals surface area contributed by atoms with Crippen LogP contribution in [0.25, 0.3) is 0 Å². The summed E-state index contributed by atoms with van der Waals surface area (Å²) in [4.78, 5) is 35.8. The molecule has 1 rings (SSSR count). The van der Waals surface area contributed by atoms with E-state index in [0.717, 1.165) is 5.56 Å². The third-order valence-electron chi connectivity index (χ3n) is 3.24. The van der Waals surface area contributed by atoms with Crippen molar-refractivity contribution in [2.24, 2.45) is 5.92 Å². The van der Waals surface area contributed by atoms with E-state index in [9.17, 15) is 14.4 Å². The number of urea groups is 1. The van der Waals surface area contributed by atoms with Gasteiger partial charge in [0.25, 0.3) is 0 Å². The molecule has 0 aliphatic carbocycles. The van der Waals surface area contributed by atoms with E-state index in [1.807, 2.05) is 32.9 Å². The number of hydrogen-bond acceptors (Lipinski definition) is 4. The fourth-order valence-electron chi connectivity index (χ4n) is 2.07. The molecular weight excluding hydrogens is 322 g/mol. The van der Waals surface area contributed by atoms with E-state index in [1.165, 1.54) is 5.01 Å². The third kappa shape index (κ3) is 8.19. The number of carbonyl (C=O) groups is 3. The molecule has 0 aliphatic rings. The topological polar surface area (TPSA) is 87.7 Å². The zero-order valence-corrected chi connectivity index (χ0v) is 15.3. The Hall–Kier alpha value is -2.57.